The van der Waals surface area contributed by atoms with Crippen LogP contribution in [0.2, 0.25) is 0 Å². The summed E-state index contributed by atoms with van der Waals surface area (Å²) in [6.07, 6.45) is 7.74. The van der Waals surface area contributed by atoms with Crippen molar-refractivity contribution in [1.82, 2.24) is 0 Å². The Morgan fingerprint density at radius 3 is 2.55 bits per heavy atom. The normalized spacial score (nSPS) is 18.6. The van der Waals surface area contributed by atoms with Crippen LogP contribution in [0.4, 0.5) is 0 Å². The summed E-state index contributed by atoms with van der Waals surface area (Å²) in [4.78, 5) is 12.3. The zero-order valence-electron chi connectivity index (χ0n) is 13.8. The lowest BCUT2D eigenvalue weighted by Crippen LogP contribution is -2.34. The monoisotopic (exact) mass is 320 g/mol. The van der Waals surface area contributed by atoms with Gasteiger partial charge in [0.1, 0.15) is 6.10 Å². The first-order chi connectivity index (χ1) is 10.7. The highest BCUT2D eigenvalue weighted by Gasteiger charge is 2.30. The number of carbonyl (C=O) groups excluding carboxylic acids is 1. The minimum absolute atomic E-state index is 0.0210. The number of thioether (sulfide) groups is 1. The number of esters is 1. The van der Waals surface area contributed by atoms with Crippen LogP contribution in [-0.4, -0.2) is 23.1 Å². The molecule has 2 rings (SSSR count). The van der Waals surface area contributed by atoms with E-state index in [0.717, 1.165) is 5.75 Å². The minimum Gasteiger partial charge on any atom is -0.458 e. The van der Waals surface area contributed by atoms with Crippen molar-refractivity contribution >= 4 is 17.7 Å². The van der Waals surface area contributed by atoms with Crippen molar-refractivity contribution in [2.45, 2.75) is 63.7 Å². The molecule has 0 unspecified atom stereocenters. The molecule has 1 aliphatic rings. The van der Waals surface area contributed by atoms with Crippen LogP contribution in [0.15, 0.2) is 30.3 Å². The van der Waals surface area contributed by atoms with E-state index in [1.54, 1.807) is 0 Å². The Morgan fingerprint density at radius 2 is 1.91 bits per heavy atom. The third-order valence-corrected chi connectivity index (χ3v) is 6.19. The molecule has 1 aromatic rings. The van der Waals surface area contributed by atoms with E-state index in [2.05, 4.69) is 13.8 Å². The molecule has 0 heterocycles. The zero-order chi connectivity index (χ0) is 15.8. The van der Waals surface area contributed by atoms with Gasteiger partial charge in [0.2, 0.25) is 0 Å². The molecule has 1 saturated carbocycles. The Kier molecular flexibility index (Phi) is 7.31. The number of hydrogen-bond acceptors (Lipinski definition) is 3. The van der Waals surface area contributed by atoms with E-state index in [0.29, 0.717) is 16.7 Å². The van der Waals surface area contributed by atoms with Crippen molar-refractivity contribution in [3.63, 3.8) is 0 Å². The van der Waals surface area contributed by atoms with Crippen LogP contribution in [-0.2, 0) is 4.74 Å². The lowest BCUT2D eigenvalue weighted by atomic mass is 9.85. The molecule has 1 fully saturated rings. The highest BCUT2D eigenvalue weighted by Crippen LogP contribution is 2.35. The fraction of sp³-hybridized carbons (Fsp3) is 0.632. The van der Waals surface area contributed by atoms with E-state index in [1.165, 1.54) is 38.5 Å². The number of carbonyl (C=O) groups is 1. The first-order valence-corrected chi connectivity index (χ1v) is 9.65. The first kappa shape index (κ1) is 17.4. The van der Waals surface area contributed by atoms with Gasteiger partial charge in [-0.3, -0.25) is 0 Å². The smallest absolute Gasteiger partial charge is 0.338 e. The Morgan fingerprint density at radius 1 is 1.23 bits per heavy atom. The molecule has 0 spiro atoms. The predicted octanol–water partition coefficient (Wildman–Crippen LogP) is 5.32. The molecule has 1 aromatic carbocycles. The molecule has 0 saturated heterocycles. The molecule has 2 nitrogen and oxygen atoms in total. The zero-order valence-corrected chi connectivity index (χ0v) is 14.6. The lowest BCUT2D eigenvalue weighted by molar-refractivity contribution is 0.0292. The average Bonchev–Trinajstić information content (AvgIpc) is 2.57. The average molecular weight is 320 g/mol. The van der Waals surface area contributed by atoms with Crippen LogP contribution in [0.25, 0.3) is 0 Å². The van der Waals surface area contributed by atoms with Gasteiger partial charge in [0, 0.05) is 5.25 Å². The molecule has 3 heteroatoms. The maximum atomic E-state index is 12.3. The van der Waals surface area contributed by atoms with Crippen LogP contribution >= 0.6 is 11.8 Å². The van der Waals surface area contributed by atoms with E-state index in [9.17, 15) is 4.79 Å². The van der Waals surface area contributed by atoms with Crippen molar-refractivity contribution in [3.05, 3.63) is 35.9 Å². The summed E-state index contributed by atoms with van der Waals surface area (Å²) in [5.74, 6) is 1.66. The minimum atomic E-state index is -0.189. The second-order valence-corrected chi connectivity index (χ2v) is 7.50. The van der Waals surface area contributed by atoms with Crippen LogP contribution in [0.5, 0.6) is 0 Å². The Balaban J connectivity index is 1.98. The summed E-state index contributed by atoms with van der Waals surface area (Å²) in [5.41, 5.74) is 0.650. The highest BCUT2D eigenvalue weighted by molar-refractivity contribution is 7.99. The van der Waals surface area contributed by atoms with Gasteiger partial charge in [-0.15, -0.1) is 0 Å². The van der Waals surface area contributed by atoms with E-state index in [4.69, 9.17) is 4.74 Å². The van der Waals surface area contributed by atoms with Gasteiger partial charge >= 0.3 is 5.97 Å². The summed E-state index contributed by atoms with van der Waals surface area (Å²) in [5, 5.41) is 0.438. The predicted molar refractivity (Wildman–Crippen MR) is 94.4 cm³/mol. The molecule has 0 aliphatic heterocycles. The van der Waals surface area contributed by atoms with Gasteiger partial charge < -0.3 is 4.74 Å². The molecule has 0 aromatic heterocycles. The maximum Gasteiger partial charge on any atom is 0.338 e. The summed E-state index contributed by atoms with van der Waals surface area (Å²) >= 11 is 2.00. The second-order valence-electron chi connectivity index (χ2n) is 6.21. The Hall–Kier alpha value is -0.960. The van der Waals surface area contributed by atoms with Crippen molar-refractivity contribution in [2.24, 2.45) is 5.92 Å². The number of benzene rings is 1. The third kappa shape index (κ3) is 5.05. The molecule has 0 amide bonds. The van der Waals surface area contributed by atoms with E-state index in [1.807, 2.05) is 42.1 Å². The van der Waals surface area contributed by atoms with Crippen molar-refractivity contribution in [2.75, 3.05) is 5.75 Å². The molecule has 2 atom stereocenters. The molecule has 0 N–H and O–H groups in total. The van der Waals surface area contributed by atoms with Crippen molar-refractivity contribution in [3.8, 4) is 0 Å². The molecular weight excluding hydrogens is 292 g/mol. The quantitative estimate of drug-likeness (QED) is 0.636. The lowest BCUT2D eigenvalue weighted by Gasteiger charge is -2.33. The van der Waals surface area contributed by atoms with Crippen molar-refractivity contribution < 1.29 is 9.53 Å². The van der Waals surface area contributed by atoms with Gasteiger partial charge in [-0.25, -0.2) is 4.79 Å². The van der Waals surface area contributed by atoms with Crippen molar-refractivity contribution in [1.29, 1.82) is 0 Å². The molecule has 22 heavy (non-hydrogen) atoms. The van der Waals surface area contributed by atoms with Gasteiger partial charge in [0.25, 0.3) is 0 Å². The number of ether oxygens (including phenoxy) is 1. The number of rotatable bonds is 7. The molecule has 122 valence electrons. The van der Waals surface area contributed by atoms with E-state index >= 15 is 0 Å². The Bertz CT molecular complexity index is 440. The summed E-state index contributed by atoms with van der Waals surface area (Å²) in [6.45, 7) is 4.29. The van der Waals surface area contributed by atoms with E-state index in [-0.39, 0.29) is 12.1 Å². The summed E-state index contributed by atoms with van der Waals surface area (Å²) < 4.78 is 5.79. The topological polar surface area (TPSA) is 26.3 Å². The van der Waals surface area contributed by atoms with Crippen LogP contribution in [0.1, 0.15) is 62.7 Å². The SMILES string of the molecule is CCCS[C@H](C1CCCCC1)[C@@H](C)OC(=O)c1ccccc1. The summed E-state index contributed by atoms with van der Waals surface area (Å²) in [6, 6.07) is 9.33. The molecule has 0 radical (unpaired) electrons. The van der Waals surface area contributed by atoms with Crippen LogP contribution in [0, 0.1) is 5.92 Å². The maximum absolute atomic E-state index is 12.3. The first-order valence-electron chi connectivity index (χ1n) is 8.60. The molecular formula is C19H28O2S. The van der Waals surface area contributed by atoms with Crippen LogP contribution in [0.3, 0.4) is 0 Å². The van der Waals surface area contributed by atoms with Gasteiger partial charge in [-0.05, 0) is 50.0 Å². The fourth-order valence-electron chi connectivity index (χ4n) is 3.25. The summed E-state index contributed by atoms with van der Waals surface area (Å²) in [7, 11) is 0. The van der Waals surface area contributed by atoms with Gasteiger partial charge in [0.05, 0.1) is 5.56 Å². The van der Waals surface area contributed by atoms with Gasteiger partial charge in [-0.1, -0.05) is 44.4 Å². The number of hydrogen-bond donors (Lipinski definition) is 0. The molecule has 0 bridgehead atoms. The molecule has 1 aliphatic carbocycles. The largest absolute Gasteiger partial charge is 0.458 e. The van der Waals surface area contributed by atoms with Crippen LogP contribution < -0.4 is 0 Å². The van der Waals surface area contributed by atoms with Gasteiger partial charge in [-0.2, -0.15) is 11.8 Å². The second kappa shape index (κ2) is 9.24. The van der Waals surface area contributed by atoms with E-state index < -0.39 is 0 Å². The standard InChI is InChI=1S/C19H28O2S/c1-3-14-22-18(16-10-6-4-7-11-16)15(2)21-19(20)17-12-8-5-9-13-17/h5,8-9,12-13,15-16,18H,3-4,6-7,10-11,14H2,1-2H3/t15-,18+/m1/s1. The van der Waals surface area contributed by atoms with Gasteiger partial charge in [0.15, 0.2) is 0 Å². The Labute approximate surface area is 139 Å². The fourth-order valence-corrected chi connectivity index (χ4v) is 4.63. The third-order valence-electron chi connectivity index (χ3n) is 4.39. The highest BCUT2D eigenvalue weighted by atomic mass is 32.2.